The summed E-state index contributed by atoms with van der Waals surface area (Å²) in [5.41, 5.74) is 6.37. The van der Waals surface area contributed by atoms with Gasteiger partial charge in [0.05, 0.1) is 5.52 Å². The zero-order valence-corrected chi connectivity index (χ0v) is 13.2. The van der Waals surface area contributed by atoms with Crippen molar-refractivity contribution in [3.8, 4) is 0 Å². The van der Waals surface area contributed by atoms with E-state index in [1.807, 2.05) is 18.2 Å². The first kappa shape index (κ1) is 18.6. The number of hydrogen-bond acceptors (Lipinski definition) is 4. The van der Waals surface area contributed by atoms with Crippen LogP contribution in [0.1, 0.15) is 26.3 Å². The third-order valence-corrected chi connectivity index (χ3v) is 3.14. The molecule has 126 valence electrons. The van der Waals surface area contributed by atoms with E-state index in [9.17, 15) is 9.59 Å². The van der Waals surface area contributed by atoms with Gasteiger partial charge >= 0.3 is 12.1 Å². The summed E-state index contributed by atoms with van der Waals surface area (Å²) in [5, 5.41) is 9.76. The highest BCUT2D eigenvalue weighted by atomic mass is 19.0. The number of hydrogen-bond donors (Lipinski definition) is 2. The van der Waals surface area contributed by atoms with Crippen LogP contribution in [0.4, 0.5) is 4.79 Å². The van der Waals surface area contributed by atoms with Crippen molar-refractivity contribution in [2.75, 3.05) is 0 Å². The minimum Gasteiger partial charge on any atom is -1.00 e. The summed E-state index contributed by atoms with van der Waals surface area (Å²) in [6.07, 6.45) is 1.24. The molecule has 0 saturated heterocycles. The number of aromatic nitrogens is 1. The lowest BCUT2D eigenvalue weighted by atomic mass is 10.1. The molecule has 1 unspecified atom stereocenters. The molecule has 7 heteroatoms. The third kappa shape index (κ3) is 4.29. The van der Waals surface area contributed by atoms with E-state index >= 15 is 0 Å². The zero-order chi connectivity index (χ0) is 16.5. The van der Waals surface area contributed by atoms with E-state index in [-0.39, 0.29) is 11.1 Å². The van der Waals surface area contributed by atoms with E-state index in [0.29, 0.717) is 11.1 Å². The average molecular weight is 323 g/mol. The predicted molar refractivity (Wildman–Crippen MR) is 82.9 cm³/mol. The number of para-hydroxylation sites is 1. The van der Waals surface area contributed by atoms with E-state index in [1.54, 1.807) is 33.0 Å². The van der Waals surface area contributed by atoms with Crippen LogP contribution in [-0.2, 0) is 16.0 Å². The molecule has 0 bridgehead atoms. The minimum absolute atomic E-state index is 0. The number of halogens is 1. The molecule has 0 saturated carbocycles. The molecule has 0 aliphatic carbocycles. The first-order chi connectivity index (χ1) is 10.2. The second kappa shape index (κ2) is 6.78. The number of aliphatic carboxylic acids is 1. The van der Waals surface area contributed by atoms with Gasteiger partial charge in [0.1, 0.15) is 11.6 Å². The number of fused-ring (bicyclic) bond motifs is 1. The molecule has 3 N–H and O–H groups in total. The average Bonchev–Trinajstić information content (AvgIpc) is 2.76. The van der Waals surface area contributed by atoms with Gasteiger partial charge in [0.25, 0.3) is 0 Å². The maximum atomic E-state index is 12.3. The number of rotatable bonds is 3. The summed E-state index contributed by atoms with van der Waals surface area (Å²) in [6, 6.07) is 6.24. The SMILES string of the molecule is CC(C)(C)OC(=O)n1cc(CC(N)C(=O)O)c2ccccc21.[F-]. The van der Waals surface area contributed by atoms with Crippen molar-refractivity contribution in [2.45, 2.75) is 38.8 Å². The number of carboxylic acids is 1. The fourth-order valence-electron chi connectivity index (χ4n) is 2.20. The molecular formula is C16H20FN2O4-. The Morgan fingerprint density at radius 3 is 2.48 bits per heavy atom. The maximum absolute atomic E-state index is 12.3. The lowest BCUT2D eigenvalue weighted by molar-refractivity contribution is -0.138. The van der Waals surface area contributed by atoms with Crippen molar-refractivity contribution in [2.24, 2.45) is 5.73 Å². The van der Waals surface area contributed by atoms with Crippen LogP contribution in [0.5, 0.6) is 0 Å². The van der Waals surface area contributed by atoms with Gasteiger partial charge in [-0.2, -0.15) is 0 Å². The van der Waals surface area contributed by atoms with Crippen molar-refractivity contribution in [3.05, 3.63) is 36.0 Å². The summed E-state index contributed by atoms with van der Waals surface area (Å²) < 4.78 is 6.77. The van der Waals surface area contributed by atoms with Crippen LogP contribution < -0.4 is 10.4 Å². The molecule has 1 heterocycles. The fourth-order valence-corrected chi connectivity index (χ4v) is 2.20. The molecule has 0 radical (unpaired) electrons. The quantitative estimate of drug-likeness (QED) is 0.785. The highest BCUT2D eigenvalue weighted by molar-refractivity contribution is 5.92. The number of ether oxygens (including phenoxy) is 1. The van der Waals surface area contributed by atoms with Crippen LogP contribution >= 0.6 is 0 Å². The van der Waals surface area contributed by atoms with Gasteiger partial charge in [-0.15, -0.1) is 0 Å². The molecule has 0 fully saturated rings. The molecule has 1 aromatic heterocycles. The van der Waals surface area contributed by atoms with Crippen LogP contribution in [-0.4, -0.2) is 33.4 Å². The number of nitrogens with zero attached hydrogens (tertiary/aromatic N) is 1. The number of carbonyl (C=O) groups excluding carboxylic acids is 1. The molecule has 6 nitrogen and oxygen atoms in total. The first-order valence-corrected chi connectivity index (χ1v) is 7.00. The summed E-state index contributed by atoms with van der Waals surface area (Å²) in [5.74, 6) is -1.07. The molecule has 0 spiro atoms. The van der Waals surface area contributed by atoms with E-state index in [0.717, 1.165) is 5.39 Å². The number of benzene rings is 1. The lowest BCUT2D eigenvalue weighted by Crippen LogP contribution is -3.00. The van der Waals surface area contributed by atoms with Crippen LogP contribution in [0, 0.1) is 0 Å². The van der Waals surface area contributed by atoms with E-state index in [4.69, 9.17) is 15.6 Å². The normalized spacial score (nSPS) is 12.5. The molecule has 0 amide bonds. The van der Waals surface area contributed by atoms with Crippen molar-refractivity contribution in [1.29, 1.82) is 0 Å². The van der Waals surface area contributed by atoms with Crippen molar-refractivity contribution >= 4 is 23.0 Å². The molecular weight excluding hydrogens is 303 g/mol. The molecule has 1 atom stereocenters. The van der Waals surface area contributed by atoms with Crippen LogP contribution in [0.3, 0.4) is 0 Å². The summed E-state index contributed by atoms with van der Waals surface area (Å²) in [4.78, 5) is 23.2. The van der Waals surface area contributed by atoms with Gasteiger partial charge in [0, 0.05) is 18.0 Å². The predicted octanol–water partition coefficient (Wildman–Crippen LogP) is -0.617. The first-order valence-electron chi connectivity index (χ1n) is 7.00. The number of carboxylic acid groups (broad SMARTS) is 1. The van der Waals surface area contributed by atoms with Gasteiger partial charge in [-0.05, 0) is 32.4 Å². The molecule has 0 aliphatic rings. The molecule has 2 rings (SSSR count). The van der Waals surface area contributed by atoms with Gasteiger partial charge < -0.3 is 20.3 Å². The van der Waals surface area contributed by atoms with Gasteiger partial charge in [-0.1, -0.05) is 18.2 Å². The van der Waals surface area contributed by atoms with Crippen molar-refractivity contribution in [3.63, 3.8) is 0 Å². The summed E-state index contributed by atoms with van der Waals surface area (Å²) >= 11 is 0. The lowest BCUT2D eigenvalue weighted by Gasteiger charge is -2.19. The Morgan fingerprint density at radius 2 is 1.91 bits per heavy atom. The number of carbonyl (C=O) groups is 2. The topological polar surface area (TPSA) is 94.5 Å². The second-order valence-corrected chi connectivity index (χ2v) is 6.17. The smallest absolute Gasteiger partial charge is 0.419 e. The van der Waals surface area contributed by atoms with Gasteiger partial charge in [-0.25, -0.2) is 4.79 Å². The minimum atomic E-state index is -1.07. The van der Waals surface area contributed by atoms with Gasteiger partial charge in [0.2, 0.25) is 0 Å². The van der Waals surface area contributed by atoms with Crippen LogP contribution in [0.2, 0.25) is 0 Å². The second-order valence-electron chi connectivity index (χ2n) is 6.17. The van der Waals surface area contributed by atoms with Gasteiger partial charge in [0.15, 0.2) is 0 Å². The highest BCUT2D eigenvalue weighted by Crippen LogP contribution is 2.23. The van der Waals surface area contributed by atoms with E-state index in [1.165, 1.54) is 4.57 Å². The summed E-state index contributed by atoms with van der Waals surface area (Å²) in [6.45, 7) is 5.37. The monoisotopic (exact) mass is 323 g/mol. The van der Waals surface area contributed by atoms with Crippen LogP contribution in [0.25, 0.3) is 10.9 Å². The molecule has 1 aromatic carbocycles. The maximum Gasteiger partial charge on any atom is 0.419 e. The fraction of sp³-hybridized carbons (Fsp3) is 0.375. The zero-order valence-electron chi connectivity index (χ0n) is 13.2. The molecule has 0 aliphatic heterocycles. The van der Waals surface area contributed by atoms with Crippen molar-refractivity contribution < 1.29 is 24.1 Å². The largest absolute Gasteiger partial charge is 1.00 e. The Bertz CT molecular complexity index is 718. The molecule has 2 aromatic rings. The highest BCUT2D eigenvalue weighted by Gasteiger charge is 2.22. The van der Waals surface area contributed by atoms with Crippen LogP contribution in [0.15, 0.2) is 30.5 Å². The Balaban J connectivity index is 0.00000264. The van der Waals surface area contributed by atoms with E-state index in [2.05, 4.69) is 0 Å². The molecule has 23 heavy (non-hydrogen) atoms. The Kier molecular flexibility index (Phi) is 5.50. The third-order valence-electron chi connectivity index (χ3n) is 3.14. The number of nitrogens with two attached hydrogens (primary N) is 1. The standard InChI is InChI=1S/C16H20N2O4.FH/c1-16(2,3)22-15(21)18-9-10(8-12(17)14(19)20)11-6-4-5-7-13(11)18;/h4-7,9,12H,8,17H2,1-3H3,(H,19,20);1H/p-1. The summed E-state index contributed by atoms with van der Waals surface area (Å²) in [7, 11) is 0. The Morgan fingerprint density at radius 1 is 1.30 bits per heavy atom. The Hall–Kier alpha value is -2.41. The van der Waals surface area contributed by atoms with E-state index < -0.39 is 23.7 Å². The van der Waals surface area contributed by atoms with Gasteiger partial charge in [-0.3, -0.25) is 9.36 Å². The Labute approximate surface area is 133 Å². The van der Waals surface area contributed by atoms with Crippen molar-refractivity contribution in [1.82, 2.24) is 4.57 Å².